The summed E-state index contributed by atoms with van der Waals surface area (Å²) >= 11 is 0. The number of hydrogen-bond acceptors (Lipinski definition) is 3. The minimum absolute atomic E-state index is 0.0470. The molecule has 0 saturated carbocycles. The fourth-order valence-electron chi connectivity index (χ4n) is 1.60. The fourth-order valence-corrected chi connectivity index (χ4v) is 1.60. The van der Waals surface area contributed by atoms with E-state index < -0.39 is 0 Å². The Morgan fingerprint density at radius 3 is 2.63 bits per heavy atom. The lowest BCUT2D eigenvalue weighted by Gasteiger charge is -2.12. The molecule has 0 radical (unpaired) electrons. The standard InChI is InChI=1S/C15H24FNO2/c1-11(2)7-17-8-13-4-14(16)6-15(5-13)19-10-12(3)9-18/h4-6,11-12,17-18H,7-10H2,1-3H3. The zero-order valence-electron chi connectivity index (χ0n) is 11.9. The van der Waals surface area contributed by atoms with Crippen LogP contribution in [0.2, 0.25) is 0 Å². The van der Waals surface area contributed by atoms with E-state index in [4.69, 9.17) is 9.84 Å². The first-order chi connectivity index (χ1) is 9.01. The average molecular weight is 269 g/mol. The summed E-state index contributed by atoms with van der Waals surface area (Å²) in [4.78, 5) is 0. The monoisotopic (exact) mass is 269 g/mol. The lowest BCUT2D eigenvalue weighted by Crippen LogP contribution is -2.19. The minimum atomic E-state index is -0.296. The van der Waals surface area contributed by atoms with Gasteiger partial charge in [-0.25, -0.2) is 4.39 Å². The average Bonchev–Trinajstić information content (AvgIpc) is 2.35. The molecule has 1 aromatic carbocycles. The number of halogens is 1. The highest BCUT2D eigenvalue weighted by Crippen LogP contribution is 2.17. The molecule has 0 aliphatic carbocycles. The SMILES string of the molecule is CC(C)CNCc1cc(F)cc(OCC(C)CO)c1. The van der Waals surface area contributed by atoms with Gasteiger partial charge in [-0.3, -0.25) is 0 Å². The summed E-state index contributed by atoms with van der Waals surface area (Å²) in [5.74, 6) is 0.831. The van der Waals surface area contributed by atoms with Crippen molar-refractivity contribution in [1.29, 1.82) is 0 Å². The lowest BCUT2D eigenvalue weighted by atomic mass is 10.2. The minimum Gasteiger partial charge on any atom is -0.493 e. The Hall–Kier alpha value is -1.13. The molecule has 0 amide bonds. The molecule has 1 unspecified atom stereocenters. The molecule has 0 aliphatic heterocycles. The third-order valence-electron chi connectivity index (χ3n) is 2.66. The van der Waals surface area contributed by atoms with Crippen LogP contribution in [0.5, 0.6) is 5.75 Å². The fraction of sp³-hybridized carbons (Fsp3) is 0.600. The second-order valence-electron chi connectivity index (χ2n) is 5.42. The molecule has 0 bridgehead atoms. The van der Waals surface area contributed by atoms with Gasteiger partial charge in [0.2, 0.25) is 0 Å². The van der Waals surface area contributed by atoms with Crippen LogP contribution in [-0.4, -0.2) is 24.9 Å². The molecule has 4 heteroatoms. The van der Waals surface area contributed by atoms with Gasteiger partial charge in [0.1, 0.15) is 11.6 Å². The summed E-state index contributed by atoms with van der Waals surface area (Å²) in [6, 6.07) is 4.71. The van der Waals surface area contributed by atoms with Crippen molar-refractivity contribution in [3.8, 4) is 5.75 Å². The van der Waals surface area contributed by atoms with Crippen molar-refractivity contribution in [3.05, 3.63) is 29.6 Å². The first-order valence-corrected chi connectivity index (χ1v) is 6.75. The number of ether oxygens (including phenoxy) is 1. The van der Waals surface area contributed by atoms with Gasteiger partial charge in [0.25, 0.3) is 0 Å². The summed E-state index contributed by atoms with van der Waals surface area (Å²) in [6.45, 7) is 8.12. The van der Waals surface area contributed by atoms with Crippen molar-refractivity contribution >= 4 is 0 Å². The summed E-state index contributed by atoms with van der Waals surface area (Å²) in [6.07, 6.45) is 0. The van der Waals surface area contributed by atoms with Gasteiger partial charge in [0, 0.05) is 25.1 Å². The van der Waals surface area contributed by atoms with Gasteiger partial charge in [0.05, 0.1) is 6.61 Å². The van der Waals surface area contributed by atoms with Crippen LogP contribution in [0.25, 0.3) is 0 Å². The smallest absolute Gasteiger partial charge is 0.127 e. The third kappa shape index (κ3) is 6.55. The van der Waals surface area contributed by atoms with Crippen molar-refractivity contribution in [1.82, 2.24) is 5.32 Å². The molecule has 1 aromatic rings. The first-order valence-electron chi connectivity index (χ1n) is 6.75. The van der Waals surface area contributed by atoms with Crippen LogP contribution in [0.1, 0.15) is 26.3 Å². The third-order valence-corrected chi connectivity index (χ3v) is 2.66. The van der Waals surface area contributed by atoms with E-state index in [1.165, 1.54) is 12.1 Å². The maximum atomic E-state index is 13.5. The van der Waals surface area contributed by atoms with E-state index >= 15 is 0 Å². The van der Waals surface area contributed by atoms with E-state index in [0.717, 1.165) is 12.1 Å². The Morgan fingerprint density at radius 2 is 2.00 bits per heavy atom. The van der Waals surface area contributed by atoms with Gasteiger partial charge in [-0.1, -0.05) is 20.8 Å². The van der Waals surface area contributed by atoms with Gasteiger partial charge in [0.15, 0.2) is 0 Å². The van der Waals surface area contributed by atoms with E-state index in [2.05, 4.69) is 19.2 Å². The normalized spacial score (nSPS) is 12.7. The molecule has 0 spiro atoms. The molecule has 3 nitrogen and oxygen atoms in total. The summed E-state index contributed by atoms with van der Waals surface area (Å²) in [5, 5.41) is 12.2. The number of rotatable bonds is 8. The highest BCUT2D eigenvalue weighted by Gasteiger charge is 2.05. The van der Waals surface area contributed by atoms with Crippen LogP contribution in [0.15, 0.2) is 18.2 Å². The van der Waals surface area contributed by atoms with Crippen LogP contribution in [0, 0.1) is 17.7 Å². The van der Waals surface area contributed by atoms with E-state index in [9.17, 15) is 4.39 Å². The Kier molecular flexibility index (Phi) is 6.81. The van der Waals surface area contributed by atoms with Crippen molar-refractivity contribution in [2.24, 2.45) is 11.8 Å². The summed E-state index contributed by atoms with van der Waals surface area (Å²) < 4.78 is 18.9. The number of nitrogens with one attached hydrogen (secondary N) is 1. The van der Waals surface area contributed by atoms with E-state index in [-0.39, 0.29) is 18.3 Å². The predicted molar refractivity (Wildman–Crippen MR) is 74.7 cm³/mol. The van der Waals surface area contributed by atoms with Gasteiger partial charge in [-0.15, -0.1) is 0 Å². The topological polar surface area (TPSA) is 41.5 Å². The Labute approximate surface area is 114 Å². The second kappa shape index (κ2) is 8.12. The van der Waals surface area contributed by atoms with Crippen LogP contribution in [-0.2, 0) is 6.54 Å². The van der Waals surface area contributed by atoms with Gasteiger partial charge < -0.3 is 15.2 Å². The molecule has 108 valence electrons. The second-order valence-corrected chi connectivity index (χ2v) is 5.42. The predicted octanol–water partition coefficient (Wildman–Crippen LogP) is 2.58. The van der Waals surface area contributed by atoms with Crippen molar-refractivity contribution in [2.75, 3.05) is 19.8 Å². The lowest BCUT2D eigenvalue weighted by molar-refractivity contribution is 0.174. The number of aliphatic hydroxyl groups excluding tert-OH is 1. The highest BCUT2D eigenvalue weighted by atomic mass is 19.1. The van der Waals surface area contributed by atoms with Crippen LogP contribution < -0.4 is 10.1 Å². The molecular formula is C15H24FNO2. The molecule has 0 aliphatic rings. The Balaban J connectivity index is 2.55. The van der Waals surface area contributed by atoms with Crippen LogP contribution in [0.3, 0.4) is 0 Å². The van der Waals surface area contributed by atoms with Gasteiger partial charge >= 0.3 is 0 Å². The van der Waals surface area contributed by atoms with Crippen molar-refractivity contribution in [2.45, 2.75) is 27.3 Å². The van der Waals surface area contributed by atoms with Crippen LogP contribution in [0.4, 0.5) is 4.39 Å². The molecule has 0 heterocycles. The Bertz CT molecular complexity index is 382. The Morgan fingerprint density at radius 1 is 1.26 bits per heavy atom. The largest absolute Gasteiger partial charge is 0.493 e. The van der Waals surface area contributed by atoms with E-state index in [1.807, 2.05) is 13.0 Å². The molecule has 19 heavy (non-hydrogen) atoms. The highest BCUT2D eigenvalue weighted by molar-refractivity contribution is 5.29. The molecule has 0 fully saturated rings. The zero-order valence-corrected chi connectivity index (χ0v) is 11.9. The number of hydrogen-bond donors (Lipinski definition) is 2. The maximum Gasteiger partial charge on any atom is 0.127 e. The van der Waals surface area contributed by atoms with Gasteiger partial charge in [-0.2, -0.15) is 0 Å². The summed E-state index contributed by atoms with van der Waals surface area (Å²) in [7, 11) is 0. The molecule has 2 N–H and O–H groups in total. The number of aliphatic hydroxyl groups is 1. The zero-order chi connectivity index (χ0) is 14.3. The van der Waals surface area contributed by atoms with Gasteiger partial charge in [-0.05, 0) is 30.2 Å². The van der Waals surface area contributed by atoms with E-state index in [1.54, 1.807) is 0 Å². The number of benzene rings is 1. The van der Waals surface area contributed by atoms with Crippen LogP contribution >= 0.6 is 0 Å². The molecule has 1 rings (SSSR count). The molecule has 0 saturated heterocycles. The quantitative estimate of drug-likeness (QED) is 0.762. The maximum absolute atomic E-state index is 13.5. The molecular weight excluding hydrogens is 245 g/mol. The van der Waals surface area contributed by atoms with Crippen molar-refractivity contribution in [3.63, 3.8) is 0 Å². The van der Waals surface area contributed by atoms with E-state index in [0.29, 0.717) is 24.8 Å². The van der Waals surface area contributed by atoms with Crippen molar-refractivity contribution < 1.29 is 14.2 Å². The summed E-state index contributed by atoms with van der Waals surface area (Å²) in [5.41, 5.74) is 0.868. The first kappa shape index (κ1) is 15.9. The molecule has 0 aromatic heterocycles. The molecule has 1 atom stereocenters.